The first-order valence-corrected chi connectivity index (χ1v) is 23.2. The van der Waals surface area contributed by atoms with Crippen molar-refractivity contribution in [2.75, 3.05) is 79.2 Å². The van der Waals surface area contributed by atoms with Crippen LogP contribution in [0.3, 0.4) is 0 Å². The van der Waals surface area contributed by atoms with Gasteiger partial charge in [0.2, 0.25) is 116 Å². The van der Waals surface area contributed by atoms with Gasteiger partial charge in [0.15, 0.2) is 0 Å². The summed E-state index contributed by atoms with van der Waals surface area (Å²) in [5.74, 6) is -44.1. The Hall–Kier alpha value is -6.72. The Morgan fingerprint density at radius 2 is 0.797 bits per heavy atom. The smallest absolute Gasteiger partial charge is 0.313 e. The number of hydrogen-bond donors (Lipinski definition) is 2. The number of benzene rings is 3. The zero-order valence-electron chi connectivity index (χ0n) is 40.8. The molecule has 4 rings (SSSR count). The first-order valence-electron chi connectivity index (χ1n) is 23.2. The lowest BCUT2D eigenvalue weighted by Crippen LogP contribution is -2.59. The highest BCUT2D eigenvalue weighted by Gasteiger charge is 2.36. The van der Waals surface area contributed by atoms with Crippen molar-refractivity contribution in [2.24, 2.45) is 0 Å². The number of esters is 3. The minimum absolute atomic E-state index is 0.0276. The molecule has 436 valence electrons. The topological polar surface area (TPSA) is 192 Å². The molecule has 0 fully saturated rings. The van der Waals surface area contributed by atoms with Crippen LogP contribution in [0.2, 0.25) is 0 Å². The molecule has 79 heavy (non-hydrogen) atoms. The lowest BCUT2D eigenvalue weighted by molar-refractivity contribution is -0.138. The molecule has 0 saturated carbocycles. The van der Waals surface area contributed by atoms with Crippen molar-refractivity contribution in [1.29, 1.82) is 0 Å². The quantitative estimate of drug-likeness (QED) is 0.0129. The molecule has 0 saturated heterocycles. The van der Waals surface area contributed by atoms with Gasteiger partial charge < -0.3 is 53.3 Å². The van der Waals surface area contributed by atoms with Crippen LogP contribution in [0.5, 0.6) is 17.2 Å². The number of halogens is 15. The normalized spacial score (nSPS) is 13.5. The molecule has 31 heteroatoms. The van der Waals surface area contributed by atoms with Crippen molar-refractivity contribution < 1.29 is 132 Å². The third-order valence-corrected chi connectivity index (χ3v) is 10.4. The van der Waals surface area contributed by atoms with E-state index in [0.717, 1.165) is 25.7 Å². The summed E-state index contributed by atoms with van der Waals surface area (Å²) in [6.45, 7) is -6.19. The predicted octanol–water partition coefficient (Wildman–Crippen LogP) is 6.86. The van der Waals surface area contributed by atoms with Gasteiger partial charge in [-0.15, -0.1) is 5.92 Å². The third kappa shape index (κ3) is 19.3. The van der Waals surface area contributed by atoms with Gasteiger partial charge >= 0.3 is 17.9 Å². The molecule has 0 spiro atoms. The van der Waals surface area contributed by atoms with Gasteiger partial charge in [-0.05, 0) is 19.3 Å². The molecule has 2 amide bonds. The van der Waals surface area contributed by atoms with E-state index < -0.39 is 205 Å². The van der Waals surface area contributed by atoms with Crippen molar-refractivity contribution in [2.45, 2.75) is 69.4 Å². The Morgan fingerprint density at radius 1 is 0.430 bits per heavy atom. The highest BCUT2D eigenvalue weighted by Crippen LogP contribution is 2.32. The summed E-state index contributed by atoms with van der Waals surface area (Å²) >= 11 is 0. The van der Waals surface area contributed by atoms with Crippen molar-refractivity contribution in [3.8, 4) is 29.1 Å². The molecular formula is C48H45F15N2O14. The van der Waals surface area contributed by atoms with Gasteiger partial charge in [-0.2, -0.15) is 26.3 Å². The first kappa shape index (κ1) is 64.8. The molecule has 16 nitrogen and oxygen atoms in total. The number of nitrogens with one attached hydrogen (secondary N) is 2. The van der Waals surface area contributed by atoms with Crippen LogP contribution in [0.25, 0.3) is 0 Å². The Balaban J connectivity index is 1.43. The van der Waals surface area contributed by atoms with Crippen LogP contribution in [0.15, 0.2) is 0 Å². The Bertz CT molecular complexity index is 2420. The van der Waals surface area contributed by atoms with Crippen molar-refractivity contribution >= 4 is 29.7 Å². The molecule has 0 aromatic heterocycles. The molecule has 1 unspecified atom stereocenters. The van der Waals surface area contributed by atoms with E-state index in [1.165, 1.54) is 0 Å². The lowest BCUT2D eigenvalue weighted by atomic mass is 10.0. The molecule has 2 N–H and O–H groups in total. The summed E-state index contributed by atoms with van der Waals surface area (Å²) in [5.41, 5.74) is -2.17. The van der Waals surface area contributed by atoms with E-state index in [0.29, 0.717) is 6.42 Å². The fourth-order valence-corrected chi connectivity index (χ4v) is 6.46. The SMILES string of the molecule is O=C(COC1C#CCCCCC1)NCCOCCOCCC(=O)NC(COCCC(=O)Oc1c(F)c(F)c(F)c(F)c1F)(COCCC(=O)Oc1c(F)c(F)c(F)c(F)c1F)COCCC(=O)Oc1c(F)c(F)c(F)c(F)c1F. The van der Waals surface area contributed by atoms with Crippen molar-refractivity contribution in [1.82, 2.24) is 10.6 Å². The summed E-state index contributed by atoms with van der Waals surface area (Å²) in [6, 6.07) is 0. The number of carbonyl (C=O) groups is 5. The Labute approximate surface area is 437 Å². The van der Waals surface area contributed by atoms with Crippen LogP contribution < -0.4 is 24.8 Å². The Kier molecular flexibility index (Phi) is 26.1. The average Bonchev–Trinajstić information content (AvgIpc) is 3.45. The second-order valence-electron chi connectivity index (χ2n) is 16.4. The fraction of sp³-hybridized carbons (Fsp3) is 0.479. The lowest BCUT2D eigenvalue weighted by Gasteiger charge is -2.34. The van der Waals surface area contributed by atoms with E-state index in [2.05, 4.69) is 36.7 Å². The zero-order valence-corrected chi connectivity index (χ0v) is 40.8. The average molecular weight is 1160 g/mol. The molecule has 0 bridgehead atoms. The summed E-state index contributed by atoms with van der Waals surface area (Å²) in [5, 5.41) is 4.99. The maximum absolute atomic E-state index is 14.2. The largest absolute Gasteiger partial charge is 0.420 e. The highest BCUT2D eigenvalue weighted by molar-refractivity contribution is 5.77. The van der Waals surface area contributed by atoms with Crippen LogP contribution in [0, 0.1) is 99.1 Å². The van der Waals surface area contributed by atoms with Crippen molar-refractivity contribution in [3.05, 3.63) is 87.3 Å². The minimum Gasteiger partial charge on any atom is -0.420 e. The summed E-state index contributed by atoms with van der Waals surface area (Å²) in [6.07, 6.45) is 0.294. The molecular weight excluding hydrogens is 1110 g/mol. The Morgan fingerprint density at radius 3 is 1.20 bits per heavy atom. The van der Waals surface area contributed by atoms with Gasteiger partial charge in [0.25, 0.3) is 0 Å². The fourth-order valence-electron chi connectivity index (χ4n) is 6.46. The molecule has 0 heterocycles. The van der Waals surface area contributed by atoms with E-state index in [9.17, 15) is 89.8 Å². The predicted molar refractivity (Wildman–Crippen MR) is 233 cm³/mol. The van der Waals surface area contributed by atoms with E-state index in [-0.39, 0.29) is 45.7 Å². The molecule has 1 aliphatic rings. The van der Waals surface area contributed by atoms with Crippen molar-refractivity contribution in [3.63, 3.8) is 0 Å². The van der Waals surface area contributed by atoms with Crippen LogP contribution in [-0.2, 0) is 52.4 Å². The van der Waals surface area contributed by atoms with Gasteiger partial charge in [0.1, 0.15) is 18.2 Å². The summed E-state index contributed by atoms with van der Waals surface area (Å²) < 4.78 is 253. The van der Waals surface area contributed by atoms with E-state index in [1.807, 2.05) is 0 Å². The van der Waals surface area contributed by atoms with Crippen LogP contribution >= 0.6 is 0 Å². The number of rotatable bonds is 31. The molecule has 1 aliphatic carbocycles. The van der Waals surface area contributed by atoms with Gasteiger partial charge in [0, 0.05) is 19.4 Å². The van der Waals surface area contributed by atoms with Gasteiger partial charge in [-0.1, -0.05) is 12.3 Å². The second kappa shape index (κ2) is 31.8. The zero-order chi connectivity index (χ0) is 58.4. The van der Waals surface area contributed by atoms with E-state index in [4.69, 9.17) is 28.4 Å². The maximum atomic E-state index is 14.2. The molecule has 3 aromatic rings. The molecule has 3 aromatic carbocycles. The number of amides is 2. The number of carbonyl (C=O) groups excluding carboxylic acids is 5. The summed E-state index contributed by atoms with van der Waals surface area (Å²) in [4.78, 5) is 62.9. The number of ether oxygens (including phenoxy) is 9. The van der Waals surface area contributed by atoms with Crippen LogP contribution in [0.1, 0.15) is 57.8 Å². The second-order valence-corrected chi connectivity index (χ2v) is 16.4. The van der Waals surface area contributed by atoms with Crippen LogP contribution in [0.4, 0.5) is 65.9 Å². The van der Waals surface area contributed by atoms with Gasteiger partial charge in [0.05, 0.1) is 85.3 Å². The summed E-state index contributed by atoms with van der Waals surface area (Å²) in [7, 11) is 0. The van der Waals surface area contributed by atoms with Crippen LogP contribution in [-0.4, -0.2) is 121 Å². The van der Waals surface area contributed by atoms with E-state index >= 15 is 0 Å². The highest BCUT2D eigenvalue weighted by atomic mass is 19.2. The van der Waals surface area contributed by atoms with E-state index in [1.54, 1.807) is 0 Å². The molecule has 1 atom stereocenters. The monoisotopic (exact) mass is 1160 g/mol. The molecule has 0 radical (unpaired) electrons. The minimum atomic E-state index is -2.58. The van der Waals surface area contributed by atoms with Gasteiger partial charge in [-0.25, -0.2) is 39.5 Å². The first-order chi connectivity index (χ1) is 37.5. The maximum Gasteiger partial charge on any atom is 0.313 e. The number of hydrogen-bond acceptors (Lipinski definition) is 14. The molecule has 0 aliphatic heterocycles. The van der Waals surface area contributed by atoms with Gasteiger partial charge in [-0.3, -0.25) is 24.0 Å². The third-order valence-electron chi connectivity index (χ3n) is 10.4. The standard InChI is InChI=1S/C48H45F15N2O14/c49-30-33(52)39(58)45(40(59)34(30)53)77-27(68)9-14-73-21-48(22-74-15-10-28(69)78-46-41(60)35(54)31(50)36(55)42(46)61,23-75-16-11-29(70)79-47-43(62)37(56)32(51)38(57)44(47)63)65-25(66)8-13-71-18-19-72-17-12-64-26(67)20-76-24-6-4-2-1-3-5-7-24/h24H,1-4,6,8-23H2,(H,64,67)(H,65,66).